The Kier molecular flexibility index (Phi) is 2.82. The topological polar surface area (TPSA) is 83.5 Å². The van der Waals surface area contributed by atoms with E-state index in [2.05, 4.69) is 30.9 Å². The maximum absolute atomic E-state index is 13.4. The third kappa shape index (κ3) is 1.97. The van der Waals surface area contributed by atoms with Crippen molar-refractivity contribution in [1.29, 1.82) is 0 Å². The number of hydrogen-bond acceptors (Lipinski definition) is 3. The van der Waals surface area contributed by atoms with Crippen molar-refractivity contribution in [2.75, 3.05) is 0 Å². The van der Waals surface area contributed by atoms with Crippen molar-refractivity contribution in [2.45, 2.75) is 0 Å². The molecule has 3 aromatic rings. The Hall–Kier alpha value is -2.22. The quantitative estimate of drug-likeness (QED) is 0.705. The first kappa shape index (κ1) is 12.8. The van der Waals surface area contributed by atoms with Gasteiger partial charge in [0, 0.05) is 17.1 Å². The van der Waals surface area contributed by atoms with Crippen LogP contribution < -0.4 is 11.2 Å². The third-order valence-corrected chi connectivity index (χ3v) is 3.35. The molecule has 0 radical (unpaired) electrons. The molecule has 0 aliphatic rings. The van der Waals surface area contributed by atoms with E-state index < -0.39 is 17.1 Å². The highest BCUT2D eigenvalue weighted by Crippen LogP contribution is 2.23. The number of rotatable bonds is 1. The van der Waals surface area contributed by atoms with Crippen molar-refractivity contribution < 1.29 is 4.39 Å². The lowest BCUT2D eigenvalue weighted by atomic mass is 10.2. The fraction of sp³-hybridized carbons (Fsp3) is 0.0833. The van der Waals surface area contributed by atoms with Crippen LogP contribution in [0.2, 0.25) is 0 Å². The van der Waals surface area contributed by atoms with Gasteiger partial charge in [0.25, 0.3) is 5.56 Å². The van der Waals surface area contributed by atoms with E-state index in [1.165, 1.54) is 23.7 Å². The number of nitrogens with one attached hydrogen (secondary N) is 2. The zero-order valence-corrected chi connectivity index (χ0v) is 11.8. The highest BCUT2D eigenvalue weighted by molar-refractivity contribution is 9.10. The van der Waals surface area contributed by atoms with Gasteiger partial charge in [-0.05, 0) is 18.2 Å². The average Bonchev–Trinajstić information content (AvgIpc) is 2.80. The first-order valence-corrected chi connectivity index (χ1v) is 6.40. The molecule has 6 nitrogen and oxygen atoms in total. The van der Waals surface area contributed by atoms with E-state index in [0.717, 1.165) is 0 Å². The lowest BCUT2D eigenvalue weighted by Gasteiger charge is -1.98. The standard InChI is InChI=1S/C12H8BrFN4O2/c1-18-10-8(11(19)17-12(18)20)15-9(16-10)5-2-6(13)4-7(14)3-5/h2-4H,1H3,(H,15,16)(H,17,19,20). The van der Waals surface area contributed by atoms with Gasteiger partial charge in [-0.25, -0.2) is 14.2 Å². The molecule has 0 spiro atoms. The number of benzene rings is 1. The normalized spacial score (nSPS) is 11.2. The third-order valence-electron chi connectivity index (χ3n) is 2.89. The second kappa shape index (κ2) is 4.41. The minimum atomic E-state index is -0.558. The summed E-state index contributed by atoms with van der Waals surface area (Å²) < 4.78 is 15.2. The summed E-state index contributed by atoms with van der Waals surface area (Å²) in [6.45, 7) is 0. The van der Waals surface area contributed by atoms with Gasteiger partial charge >= 0.3 is 5.69 Å². The van der Waals surface area contributed by atoms with Crippen molar-refractivity contribution >= 4 is 27.1 Å². The zero-order valence-electron chi connectivity index (χ0n) is 10.2. The molecule has 2 N–H and O–H groups in total. The minimum Gasteiger partial charge on any atom is -0.332 e. The Balaban J connectivity index is 2.33. The van der Waals surface area contributed by atoms with E-state index >= 15 is 0 Å². The van der Waals surface area contributed by atoms with Crippen LogP contribution in [0.1, 0.15) is 0 Å². The van der Waals surface area contributed by atoms with Crippen LogP contribution in [0.3, 0.4) is 0 Å². The molecular formula is C12H8BrFN4O2. The number of aromatic nitrogens is 4. The zero-order chi connectivity index (χ0) is 14.4. The van der Waals surface area contributed by atoms with E-state index in [9.17, 15) is 14.0 Å². The van der Waals surface area contributed by atoms with Gasteiger partial charge in [0.05, 0.1) is 0 Å². The molecule has 0 aliphatic heterocycles. The van der Waals surface area contributed by atoms with Crippen LogP contribution in [-0.2, 0) is 7.05 Å². The minimum absolute atomic E-state index is 0.169. The predicted molar refractivity (Wildman–Crippen MR) is 75.0 cm³/mol. The first-order valence-electron chi connectivity index (χ1n) is 5.61. The molecule has 8 heteroatoms. The number of hydrogen-bond donors (Lipinski definition) is 2. The monoisotopic (exact) mass is 338 g/mol. The van der Waals surface area contributed by atoms with Crippen molar-refractivity contribution in [3.05, 3.63) is 49.3 Å². The molecule has 1 aromatic carbocycles. The first-order chi connectivity index (χ1) is 9.45. The summed E-state index contributed by atoms with van der Waals surface area (Å²) in [4.78, 5) is 32.4. The predicted octanol–water partition coefficient (Wildman–Crippen LogP) is 1.52. The Labute approximate surface area is 119 Å². The number of H-pyrrole nitrogens is 2. The summed E-state index contributed by atoms with van der Waals surface area (Å²) in [6.07, 6.45) is 0. The van der Waals surface area contributed by atoms with Crippen molar-refractivity contribution in [3.8, 4) is 11.4 Å². The SMILES string of the molecule is Cn1c(=O)[nH]c(=O)c2[nH]c(-c3cc(F)cc(Br)c3)nc21. The molecule has 3 rings (SSSR count). The Morgan fingerprint density at radius 1 is 1.25 bits per heavy atom. The van der Waals surface area contributed by atoms with Crippen molar-refractivity contribution in [1.82, 2.24) is 19.5 Å². The number of halogens is 2. The van der Waals surface area contributed by atoms with Crippen LogP contribution in [0.5, 0.6) is 0 Å². The van der Waals surface area contributed by atoms with Crippen LogP contribution in [0, 0.1) is 5.82 Å². The van der Waals surface area contributed by atoms with Crippen molar-refractivity contribution in [2.24, 2.45) is 7.05 Å². The van der Waals surface area contributed by atoms with E-state index in [0.29, 0.717) is 15.9 Å². The number of aryl methyl sites for hydroxylation is 1. The second-order valence-corrected chi connectivity index (χ2v) is 5.18. The van der Waals surface area contributed by atoms with E-state index in [4.69, 9.17) is 0 Å². The molecule has 2 aromatic heterocycles. The number of nitrogens with zero attached hydrogens (tertiary/aromatic N) is 2. The van der Waals surface area contributed by atoms with Crippen LogP contribution in [0.4, 0.5) is 4.39 Å². The van der Waals surface area contributed by atoms with Crippen molar-refractivity contribution in [3.63, 3.8) is 0 Å². The molecule has 2 heterocycles. The highest BCUT2D eigenvalue weighted by Gasteiger charge is 2.12. The van der Waals surface area contributed by atoms with Gasteiger partial charge in [-0.3, -0.25) is 14.3 Å². The summed E-state index contributed by atoms with van der Waals surface area (Å²) in [7, 11) is 1.49. The molecule has 0 unspecified atom stereocenters. The molecular weight excluding hydrogens is 331 g/mol. The summed E-state index contributed by atoms with van der Waals surface area (Å²) >= 11 is 3.19. The molecule has 0 amide bonds. The van der Waals surface area contributed by atoms with Gasteiger partial charge in [0.2, 0.25) is 0 Å². The van der Waals surface area contributed by atoms with E-state index in [1.54, 1.807) is 6.07 Å². The average molecular weight is 339 g/mol. The summed E-state index contributed by atoms with van der Waals surface area (Å²) in [6, 6.07) is 4.26. The summed E-state index contributed by atoms with van der Waals surface area (Å²) in [5.74, 6) is -0.121. The maximum Gasteiger partial charge on any atom is 0.329 e. The molecule has 0 fully saturated rings. The Morgan fingerprint density at radius 3 is 2.70 bits per heavy atom. The number of imidazole rings is 1. The molecule has 0 aliphatic carbocycles. The molecule has 20 heavy (non-hydrogen) atoms. The highest BCUT2D eigenvalue weighted by atomic mass is 79.9. The maximum atomic E-state index is 13.4. The van der Waals surface area contributed by atoms with E-state index in [-0.39, 0.29) is 11.2 Å². The van der Waals surface area contributed by atoms with Crippen LogP contribution >= 0.6 is 15.9 Å². The number of aromatic amines is 2. The van der Waals surface area contributed by atoms with Crippen LogP contribution in [-0.4, -0.2) is 19.5 Å². The van der Waals surface area contributed by atoms with Gasteiger partial charge < -0.3 is 4.98 Å². The lowest BCUT2D eigenvalue weighted by molar-refractivity contribution is 0.627. The fourth-order valence-corrected chi connectivity index (χ4v) is 2.40. The molecule has 102 valence electrons. The van der Waals surface area contributed by atoms with Crippen LogP contribution in [0.15, 0.2) is 32.3 Å². The smallest absolute Gasteiger partial charge is 0.329 e. The van der Waals surface area contributed by atoms with Gasteiger partial charge in [-0.15, -0.1) is 0 Å². The van der Waals surface area contributed by atoms with Crippen LogP contribution in [0.25, 0.3) is 22.6 Å². The summed E-state index contributed by atoms with van der Waals surface area (Å²) in [5.41, 5.74) is -0.255. The Morgan fingerprint density at radius 2 is 2.00 bits per heavy atom. The largest absolute Gasteiger partial charge is 0.332 e. The molecule has 0 saturated carbocycles. The van der Waals surface area contributed by atoms with Gasteiger partial charge in [-0.1, -0.05) is 15.9 Å². The van der Waals surface area contributed by atoms with Gasteiger partial charge in [0.15, 0.2) is 5.65 Å². The number of fused-ring (bicyclic) bond motifs is 1. The van der Waals surface area contributed by atoms with Gasteiger partial charge in [-0.2, -0.15) is 0 Å². The summed E-state index contributed by atoms with van der Waals surface area (Å²) in [5, 5.41) is 0. The molecule has 0 saturated heterocycles. The molecule has 0 atom stereocenters. The Bertz CT molecular complexity index is 921. The second-order valence-electron chi connectivity index (χ2n) is 4.26. The fourth-order valence-electron chi connectivity index (χ4n) is 1.93. The van der Waals surface area contributed by atoms with E-state index in [1.807, 2.05) is 0 Å². The van der Waals surface area contributed by atoms with Gasteiger partial charge in [0.1, 0.15) is 17.2 Å². The lowest BCUT2D eigenvalue weighted by Crippen LogP contribution is -2.28. The molecule has 0 bridgehead atoms.